The summed E-state index contributed by atoms with van der Waals surface area (Å²) < 4.78 is 6.68. The lowest BCUT2D eigenvalue weighted by molar-refractivity contribution is -0.137. The number of halogens is 1. The first-order valence-corrected chi connectivity index (χ1v) is 8.35. The second-order valence-electron chi connectivity index (χ2n) is 4.94. The lowest BCUT2D eigenvalue weighted by Gasteiger charge is -2.22. The average molecular weight is 368 g/mol. The van der Waals surface area contributed by atoms with Gasteiger partial charge in [0.05, 0.1) is 6.54 Å². The van der Waals surface area contributed by atoms with Crippen molar-refractivity contribution >= 4 is 33.2 Å². The number of aryl methyl sites for hydroxylation is 1. The molecule has 0 saturated carbocycles. The SMILES string of the molecule is Cc1ccsc1CN(C)C(=O)C(C)Oc1ccc(Br)cc1. The van der Waals surface area contributed by atoms with Gasteiger partial charge in [-0.2, -0.15) is 0 Å². The van der Waals surface area contributed by atoms with Crippen LogP contribution in [0.4, 0.5) is 0 Å². The normalized spacial score (nSPS) is 12.0. The fourth-order valence-corrected chi connectivity index (χ4v) is 3.16. The van der Waals surface area contributed by atoms with Crippen molar-refractivity contribution in [1.29, 1.82) is 0 Å². The van der Waals surface area contributed by atoms with Crippen LogP contribution in [0.15, 0.2) is 40.2 Å². The summed E-state index contributed by atoms with van der Waals surface area (Å²) in [5.74, 6) is 0.672. The Labute approximate surface area is 137 Å². The van der Waals surface area contributed by atoms with Crippen molar-refractivity contribution in [1.82, 2.24) is 4.90 Å². The molecule has 112 valence electrons. The van der Waals surface area contributed by atoms with Crippen molar-refractivity contribution in [2.24, 2.45) is 0 Å². The van der Waals surface area contributed by atoms with Gasteiger partial charge in [0.2, 0.25) is 0 Å². The van der Waals surface area contributed by atoms with E-state index in [1.807, 2.05) is 36.7 Å². The van der Waals surface area contributed by atoms with Crippen molar-refractivity contribution < 1.29 is 9.53 Å². The first-order chi connectivity index (χ1) is 9.97. The van der Waals surface area contributed by atoms with Gasteiger partial charge in [0.15, 0.2) is 6.10 Å². The predicted octanol–water partition coefficient (Wildman–Crippen LogP) is 4.24. The van der Waals surface area contributed by atoms with Crippen molar-refractivity contribution in [3.63, 3.8) is 0 Å². The van der Waals surface area contributed by atoms with Gasteiger partial charge in [0.25, 0.3) is 5.91 Å². The highest BCUT2D eigenvalue weighted by atomic mass is 79.9. The van der Waals surface area contributed by atoms with Crippen LogP contribution >= 0.6 is 27.3 Å². The van der Waals surface area contributed by atoms with Gasteiger partial charge in [-0.25, -0.2) is 0 Å². The van der Waals surface area contributed by atoms with E-state index in [2.05, 4.69) is 28.9 Å². The molecule has 0 saturated heterocycles. The molecule has 2 rings (SSSR count). The van der Waals surface area contributed by atoms with E-state index in [-0.39, 0.29) is 5.91 Å². The van der Waals surface area contributed by atoms with Crippen LogP contribution in [-0.4, -0.2) is 24.0 Å². The zero-order chi connectivity index (χ0) is 15.4. The first kappa shape index (κ1) is 16.0. The average Bonchev–Trinajstić information content (AvgIpc) is 2.86. The predicted molar refractivity (Wildman–Crippen MR) is 89.8 cm³/mol. The summed E-state index contributed by atoms with van der Waals surface area (Å²) in [6.07, 6.45) is -0.503. The minimum atomic E-state index is -0.503. The summed E-state index contributed by atoms with van der Waals surface area (Å²) in [5, 5.41) is 2.05. The highest BCUT2D eigenvalue weighted by Gasteiger charge is 2.20. The summed E-state index contributed by atoms with van der Waals surface area (Å²) in [5.41, 5.74) is 1.22. The second kappa shape index (κ2) is 7.09. The number of rotatable bonds is 5. The molecule has 0 aliphatic heterocycles. The van der Waals surface area contributed by atoms with E-state index in [0.29, 0.717) is 12.3 Å². The summed E-state index contributed by atoms with van der Waals surface area (Å²) in [6.45, 7) is 4.46. The van der Waals surface area contributed by atoms with Crippen LogP contribution in [0.25, 0.3) is 0 Å². The van der Waals surface area contributed by atoms with Crippen LogP contribution in [0.5, 0.6) is 5.75 Å². The largest absolute Gasteiger partial charge is 0.481 e. The zero-order valence-electron chi connectivity index (χ0n) is 12.3. The summed E-state index contributed by atoms with van der Waals surface area (Å²) in [7, 11) is 1.81. The highest BCUT2D eigenvalue weighted by Crippen LogP contribution is 2.20. The molecule has 3 nitrogen and oxygen atoms in total. The molecular weight excluding hydrogens is 350 g/mol. The third-order valence-electron chi connectivity index (χ3n) is 3.20. The molecule has 21 heavy (non-hydrogen) atoms. The lowest BCUT2D eigenvalue weighted by Crippen LogP contribution is -2.37. The molecule has 1 atom stereocenters. The Morgan fingerprint density at radius 3 is 2.57 bits per heavy atom. The van der Waals surface area contributed by atoms with Crippen molar-refractivity contribution in [2.75, 3.05) is 7.05 Å². The van der Waals surface area contributed by atoms with Gasteiger partial charge >= 0.3 is 0 Å². The molecule has 1 unspecified atom stereocenters. The summed E-state index contributed by atoms with van der Waals surface area (Å²) >= 11 is 5.05. The van der Waals surface area contributed by atoms with Gasteiger partial charge in [-0.3, -0.25) is 4.79 Å². The fraction of sp³-hybridized carbons (Fsp3) is 0.312. The molecule has 0 bridgehead atoms. The molecule has 0 N–H and O–H groups in total. The number of likely N-dealkylation sites (N-methyl/N-ethyl adjacent to an activating group) is 1. The number of hydrogen-bond acceptors (Lipinski definition) is 3. The third kappa shape index (κ3) is 4.32. The molecule has 0 aliphatic carbocycles. The Balaban J connectivity index is 1.95. The van der Waals surface area contributed by atoms with E-state index < -0.39 is 6.10 Å². The fourth-order valence-electron chi connectivity index (χ4n) is 1.94. The molecule has 0 fully saturated rings. The summed E-state index contributed by atoms with van der Waals surface area (Å²) in [4.78, 5) is 15.3. The van der Waals surface area contributed by atoms with Crippen LogP contribution in [0.1, 0.15) is 17.4 Å². The quantitative estimate of drug-likeness (QED) is 0.790. The van der Waals surface area contributed by atoms with E-state index in [1.165, 1.54) is 10.4 Å². The van der Waals surface area contributed by atoms with Gasteiger partial charge in [-0.1, -0.05) is 15.9 Å². The van der Waals surface area contributed by atoms with Gasteiger partial charge < -0.3 is 9.64 Å². The van der Waals surface area contributed by atoms with Crippen LogP contribution in [0, 0.1) is 6.92 Å². The molecule has 1 aromatic carbocycles. The van der Waals surface area contributed by atoms with Gasteiger partial charge in [0, 0.05) is 16.4 Å². The Bertz CT molecular complexity index is 609. The van der Waals surface area contributed by atoms with E-state index in [4.69, 9.17) is 4.74 Å². The van der Waals surface area contributed by atoms with E-state index in [1.54, 1.807) is 23.2 Å². The Kier molecular flexibility index (Phi) is 5.42. The topological polar surface area (TPSA) is 29.5 Å². The van der Waals surface area contributed by atoms with Gasteiger partial charge in [-0.15, -0.1) is 11.3 Å². The number of hydrogen-bond donors (Lipinski definition) is 0. The molecule has 1 aromatic heterocycles. The molecule has 0 radical (unpaired) electrons. The number of carbonyl (C=O) groups excluding carboxylic acids is 1. The monoisotopic (exact) mass is 367 g/mol. The van der Waals surface area contributed by atoms with Crippen molar-refractivity contribution in [2.45, 2.75) is 26.5 Å². The number of carbonyl (C=O) groups is 1. The number of thiophene rings is 1. The van der Waals surface area contributed by atoms with E-state index >= 15 is 0 Å². The maximum atomic E-state index is 12.3. The van der Waals surface area contributed by atoms with E-state index in [9.17, 15) is 4.79 Å². The van der Waals surface area contributed by atoms with Crippen LogP contribution in [0.3, 0.4) is 0 Å². The first-order valence-electron chi connectivity index (χ1n) is 6.67. The molecule has 0 aliphatic rings. The number of benzene rings is 1. The Hall–Kier alpha value is -1.33. The molecular formula is C16H18BrNO2S. The minimum Gasteiger partial charge on any atom is -0.481 e. The van der Waals surface area contributed by atoms with Gasteiger partial charge in [-0.05, 0) is 55.1 Å². The van der Waals surface area contributed by atoms with Crippen LogP contribution in [-0.2, 0) is 11.3 Å². The molecule has 2 aromatic rings. The number of nitrogens with zero attached hydrogens (tertiary/aromatic N) is 1. The zero-order valence-corrected chi connectivity index (χ0v) is 14.7. The third-order valence-corrected chi connectivity index (χ3v) is 4.74. The minimum absolute atomic E-state index is 0.0225. The van der Waals surface area contributed by atoms with Crippen molar-refractivity contribution in [3.8, 4) is 5.75 Å². The van der Waals surface area contributed by atoms with Gasteiger partial charge in [0.1, 0.15) is 5.75 Å². The summed E-state index contributed by atoms with van der Waals surface area (Å²) in [6, 6.07) is 9.55. The number of amides is 1. The number of ether oxygens (including phenoxy) is 1. The van der Waals surface area contributed by atoms with Crippen molar-refractivity contribution in [3.05, 3.63) is 50.6 Å². The maximum Gasteiger partial charge on any atom is 0.263 e. The maximum absolute atomic E-state index is 12.3. The second-order valence-corrected chi connectivity index (χ2v) is 6.85. The highest BCUT2D eigenvalue weighted by molar-refractivity contribution is 9.10. The standard InChI is InChI=1S/C16H18BrNO2S/c1-11-8-9-21-15(11)10-18(3)16(19)12(2)20-14-6-4-13(17)5-7-14/h4-9,12H,10H2,1-3H3. The Morgan fingerprint density at radius 2 is 2.00 bits per heavy atom. The van der Waals surface area contributed by atoms with E-state index in [0.717, 1.165) is 4.47 Å². The molecule has 1 amide bonds. The Morgan fingerprint density at radius 1 is 1.33 bits per heavy atom. The molecule has 5 heteroatoms. The van der Waals surface area contributed by atoms with Crippen LogP contribution < -0.4 is 4.74 Å². The molecule has 1 heterocycles. The lowest BCUT2D eigenvalue weighted by atomic mass is 10.2. The smallest absolute Gasteiger partial charge is 0.263 e. The van der Waals surface area contributed by atoms with Crippen LogP contribution in [0.2, 0.25) is 0 Å². The molecule has 0 spiro atoms.